The number of nitrogens with zero attached hydrogens (tertiary/aromatic N) is 2. The van der Waals surface area contributed by atoms with Crippen LogP contribution in [0.2, 0.25) is 5.02 Å². The first-order valence-electron chi connectivity index (χ1n) is 9.66. The zero-order chi connectivity index (χ0) is 20.8. The van der Waals surface area contributed by atoms with Gasteiger partial charge in [-0.25, -0.2) is 0 Å². The van der Waals surface area contributed by atoms with Crippen molar-refractivity contribution in [3.05, 3.63) is 74.2 Å². The maximum absolute atomic E-state index is 12.6. The third kappa shape index (κ3) is 5.55. The number of aromatic amines is 1. The molecule has 1 heterocycles. The number of para-hydroxylation sites is 1. The lowest BCUT2D eigenvalue weighted by atomic mass is 10.1. The number of hydrogen-bond donors (Lipinski definition) is 1. The van der Waals surface area contributed by atoms with Crippen LogP contribution in [-0.4, -0.2) is 27.4 Å². The van der Waals surface area contributed by atoms with Crippen molar-refractivity contribution >= 4 is 40.6 Å². The fourth-order valence-electron chi connectivity index (χ4n) is 3.27. The van der Waals surface area contributed by atoms with Crippen LogP contribution in [0.4, 0.5) is 0 Å². The molecule has 0 radical (unpaired) electrons. The van der Waals surface area contributed by atoms with E-state index < -0.39 is 0 Å². The lowest BCUT2D eigenvalue weighted by molar-refractivity contribution is -0.130. The highest BCUT2D eigenvalue weighted by molar-refractivity contribution is 7.71. The third-order valence-corrected chi connectivity index (χ3v) is 5.49. The van der Waals surface area contributed by atoms with Crippen LogP contribution in [0.5, 0.6) is 0 Å². The molecule has 2 aromatic carbocycles. The zero-order valence-electron chi connectivity index (χ0n) is 16.4. The fraction of sp³-hybridized carbons (Fsp3) is 0.318. The number of aromatic nitrogens is 2. The van der Waals surface area contributed by atoms with Gasteiger partial charge >= 0.3 is 0 Å². The van der Waals surface area contributed by atoms with E-state index in [9.17, 15) is 9.59 Å². The first-order chi connectivity index (χ1) is 14.0. The molecular weight excluding hydrogens is 406 g/mol. The predicted octanol–water partition coefficient (Wildman–Crippen LogP) is 4.93. The minimum Gasteiger partial charge on any atom is -0.341 e. The number of H-pyrrole nitrogens is 1. The van der Waals surface area contributed by atoms with E-state index in [2.05, 4.69) is 4.98 Å². The van der Waals surface area contributed by atoms with Crippen LogP contribution in [0.15, 0.2) is 53.3 Å². The van der Waals surface area contributed by atoms with Gasteiger partial charge in [-0.05, 0) is 54.9 Å². The summed E-state index contributed by atoms with van der Waals surface area (Å²) in [6.45, 7) is 1.12. The Labute approximate surface area is 179 Å². The molecule has 0 saturated carbocycles. The number of unbranched alkanes of at least 4 members (excludes halogenated alkanes) is 2. The van der Waals surface area contributed by atoms with Crippen LogP contribution in [-0.2, 0) is 17.9 Å². The predicted molar refractivity (Wildman–Crippen MR) is 120 cm³/mol. The monoisotopic (exact) mass is 429 g/mol. The lowest BCUT2D eigenvalue weighted by Gasteiger charge is -2.17. The van der Waals surface area contributed by atoms with Crippen LogP contribution in [0.25, 0.3) is 10.9 Å². The van der Waals surface area contributed by atoms with Gasteiger partial charge in [0.15, 0.2) is 4.77 Å². The van der Waals surface area contributed by atoms with Crippen molar-refractivity contribution in [3.63, 3.8) is 0 Å². The largest absolute Gasteiger partial charge is 0.341 e. The number of fused-ring (bicyclic) bond motifs is 1. The quantitative estimate of drug-likeness (QED) is 0.408. The number of benzene rings is 2. The molecule has 1 amide bonds. The molecule has 0 fully saturated rings. The second kappa shape index (κ2) is 9.85. The standard InChI is InChI=1S/C22H24ClN3O2S/c1-25(15-16-10-12-17(23)13-11-16)20(27)9-3-2-6-14-26-21(28)18-7-4-5-8-19(18)24-22(26)29/h4-5,7-8,10-13H,2-3,6,9,14-15H2,1H3,(H,24,29). The average molecular weight is 430 g/mol. The molecular formula is C22H24ClN3O2S. The van der Waals surface area contributed by atoms with Gasteiger partial charge in [-0.3, -0.25) is 14.2 Å². The highest BCUT2D eigenvalue weighted by atomic mass is 35.5. The topological polar surface area (TPSA) is 58.1 Å². The average Bonchev–Trinajstić information content (AvgIpc) is 2.71. The van der Waals surface area contributed by atoms with Gasteiger partial charge in [0.25, 0.3) is 5.56 Å². The van der Waals surface area contributed by atoms with E-state index in [0.717, 1.165) is 30.3 Å². The van der Waals surface area contributed by atoms with E-state index in [4.69, 9.17) is 23.8 Å². The van der Waals surface area contributed by atoms with Crippen molar-refractivity contribution in [2.75, 3.05) is 7.05 Å². The Hall–Kier alpha value is -2.44. The number of amides is 1. The van der Waals surface area contributed by atoms with Crippen molar-refractivity contribution in [1.29, 1.82) is 0 Å². The van der Waals surface area contributed by atoms with Crippen LogP contribution < -0.4 is 5.56 Å². The summed E-state index contributed by atoms with van der Waals surface area (Å²) in [4.78, 5) is 29.8. The van der Waals surface area contributed by atoms with E-state index in [-0.39, 0.29) is 11.5 Å². The summed E-state index contributed by atoms with van der Waals surface area (Å²) < 4.78 is 2.04. The van der Waals surface area contributed by atoms with Crippen molar-refractivity contribution < 1.29 is 4.79 Å². The van der Waals surface area contributed by atoms with Crippen LogP contribution >= 0.6 is 23.8 Å². The summed E-state index contributed by atoms with van der Waals surface area (Å²) in [7, 11) is 1.81. The first-order valence-corrected chi connectivity index (χ1v) is 10.4. The molecule has 1 aromatic heterocycles. The minimum absolute atomic E-state index is 0.0666. The Kier molecular flexibility index (Phi) is 7.23. The summed E-state index contributed by atoms with van der Waals surface area (Å²) in [6.07, 6.45) is 2.92. The molecule has 0 aliphatic carbocycles. The SMILES string of the molecule is CN(Cc1ccc(Cl)cc1)C(=O)CCCCCn1c(=S)[nH]c2ccccc2c1=O. The molecule has 0 bridgehead atoms. The summed E-state index contributed by atoms with van der Waals surface area (Å²) >= 11 is 11.2. The van der Waals surface area contributed by atoms with E-state index in [1.165, 1.54) is 0 Å². The maximum Gasteiger partial charge on any atom is 0.262 e. The molecule has 5 nitrogen and oxygen atoms in total. The van der Waals surface area contributed by atoms with E-state index in [1.807, 2.05) is 49.5 Å². The second-order valence-electron chi connectivity index (χ2n) is 7.12. The molecule has 1 N–H and O–H groups in total. The van der Waals surface area contributed by atoms with Crippen LogP contribution in [0.3, 0.4) is 0 Å². The number of rotatable bonds is 8. The zero-order valence-corrected chi connectivity index (χ0v) is 17.9. The minimum atomic E-state index is -0.0666. The molecule has 3 aromatic rings. The molecule has 0 aliphatic rings. The Morgan fingerprint density at radius 3 is 2.59 bits per heavy atom. The smallest absolute Gasteiger partial charge is 0.262 e. The van der Waals surface area contributed by atoms with Gasteiger partial charge in [-0.15, -0.1) is 0 Å². The Balaban J connectivity index is 1.47. The molecule has 0 atom stereocenters. The first kappa shape index (κ1) is 21.3. The molecule has 152 valence electrons. The van der Waals surface area contributed by atoms with Gasteiger partial charge in [-0.2, -0.15) is 0 Å². The van der Waals surface area contributed by atoms with Crippen molar-refractivity contribution in [2.45, 2.75) is 38.8 Å². The van der Waals surface area contributed by atoms with E-state index in [1.54, 1.807) is 15.5 Å². The molecule has 0 spiro atoms. The molecule has 0 saturated heterocycles. The van der Waals surface area contributed by atoms with Crippen LogP contribution in [0.1, 0.15) is 31.2 Å². The third-order valence-electron chi connectivity index (χ3n) is 4.92. The van der Waals surface area contributed by atoms with Crippen molar-refractivity contribution in [2.24, 2.45) is 0 Å². The maximum atomic E-state index is 12.6. The Morgan fingerprint density at radius 1 is 1.10 bits per heavy atom. The fourth-order valence-corrected chi connectivity index (χ4v) is 3.68. The molecule has 29 heavy (non-hydrogen) atoms. The van der Waals surface area contributed by atoms with Gasteiger partial charge in [0.1, 0.15) is 0 Å². The summed E-state index contributed by atoms with van der Waals surface area (Å²) in [5.74, 6) is 0.111. The van der Waals surface area contributed by atoms with Crippen LogP contribution in [0, 0.1) is 4.77 Å². The lowest BCUT2D eigenvalue weighted by Crippen LogP contribution is -2.26. The number of carbonyl (C=O) groups is 1. The number of carbonyl (C=O) groups excluding carboxylic acids is 1. The summed E-state index contributed by atoms with van der Waals surface area (Å²) in [5.41, 5.74) is 1.74. The van der Waals surface area contributed by atoms with Gasteiger partial charge in [0, 0.05) is 31.6 Å². The summed E-state index contributed by atoms with van der Waals surface area (Å²) in [6, 6.07) is 14.9. The molecule has 0 unspecified atom stereocenters. The molecule has 0 aliphatic heterocycles. The number of halogens is 1. The highest BCUT2D eigenvalue weighted by Gasteiger charge is 2.09. The number of hydrogen-bond acceptors (Lipinski definition) is 3. The van der Waals surface area contributed by atoms with E-state index >= 15 is 0 Å². The van der Waals surface area contributed by atoms with Gasteiger partial charge in [-0.1, -0.05) is 42.3 Å². The number of nitrogens with one attached hydrogen (secondary N) is 1. The van der Waals surface area contributed by atoms with Crippen molar-refractivity contribution in [3.8, 4) is 0 Å². The van der Waals surface area contributed by atoms with E-state index in [0.29, 0.717) is 34.7 Å². The van der Waals surface area contributed by atoms with Gasteiger partial charge in [0.05, 0.1) is 10.9 Å². The highest BCUT2D eigenvalue weighted by Crippen LogP contribution is 2.12. The normalized spacial score (nSPS) is 11.0. The van der Waals surface area contributed by atoms with Gasteiger partial charge < -0.3 is 9.88 Å². The Morgan fingerprint density at radius 2 is 1.83 bits per heavy atom. The molecule has 7 heteroatoms. The van der Waals surface area contributed by atoms with Crippen molar-refractivity contribution in [1.82, 2.24) is 14.5 Å². The summed E-state index contributed by atoms with van der Waals surface area (Å²) in [5, 5.41) is 1.33. The van der Waals surface area contributed by atoms with Gasteiger partial charge in [0.2, 0.25) is 5.91 Å². The molecule has 3 rings (SSSR count). The Bertz CT molecular complexity index is 1110. The second-order valence-corrected chi connectivity index (χ2v) is 7.94.